The summed E-state index contributed by atoms with van der Waals surface area (Å²) >= 11 is 15.3. The van der Waals surface area contributed by atoms with Gasteiger partial charge in [-0.1, -0.05) is 52.1 Å². The third-order valence-corrected chi connectivity index (χ3v) is 4.25. The molecule has 1 atom stereocenters. The molecule has 18 heavy (non-hydrogen) atoms. The number of amides is 1. The zero-order valence-corrected chi connectivity index (χ0v) is 13.5. The molecule has 0 saturated carbocycles. The van der Waals surface area contributed by atoms with Crippen LogP contribution in [-0.2, 0) is 0 Å². The number of alkyl halides is 1. The predicted molar refractivity (Wildman–Crippen MR) is 81.0 cm³/mol. The van der Waals surface area contributed by atoms with E-state index < -0.39 is 0 Å². The molecule has 1 aromatic rings. The first kappa shape index (κ1) is 15.8. The molecule has 5 heteroatoms. The van der Waals surface area contributed by atoms with Gasteiger partial charge in [-0.2, -0.15) is 0 Å². The summed E-state index contributed by atoms with van der Waals surface area (Å²) in [6.45, 7) is 4.06. The van der Waals surface area contributed by atoms with Crippen molar-refractivity contribution >= 4 is 45.0 Å². The van der Waals surface area contributed by atoms with E-state index in [4.69, 9.17) is 23.2 Å². The molecule has 0 aliphatic rings. The molecule has 0 heterocycles. The van der Waals surface area contributed by atoms with Crippen molar-refractivity contribution in [3.8, 4) is 0 Å². The molecule has 1 rings (SSSR count). The van der Waals surface area contributed by atoms with Crippen LogP contribution in [0.15, 0.2) is 18.2 Å². The van der Waals surface area contributed by atoms with Crippen molar-refractivity contribution in [2.75, 3.05) is 5.33 Å². The van der Waals surface area contributed by atoms with Crippen LogP contribution in [0.1, 0.15) is 37.0 Å². The second-order valence-electron chi connectivity index (χ2n) is 4.41. The fourth-order valence-corrected chi connectivity index (χ4v) is 2.82. The van der Waals surface area contributed by atoms with Gasteiger partial charge in [-0.05, 0) is 31.9 Å². The van der Waals surface area contributed by atoms with Crippen molar-refractivity contribution in [1.82, 2.24) is 5.32 Å². The third-order valence-electron chi connectivity index (χ3n) is 3.04. The molecule has 0 aliphatic carbocycles. The average molecular weight is 353 g/mol. The lowest BCUT2D eigenvalue weighted by atomic mass is 9.95. The smallest absolute Gasteiger partial charge is 0.253 e. The first-order valence-corrected chi connectivity index (χ1v) is 7.63. The average Bonchev–Trinajstić information content (AvgIpc) is 2.32. The van der Waals surface area contributed by atoms with Crippen LogP contribution in [0, 0.1) is 0 Å². The minimum Gasteiger partial charge on any atom is -0.347 e. The second-order valence-corrected chi connectivity index (χ2v) is 5.99. The molecule has 100 valence electrons. The number of hydrogen-bond acceptors (Lipinski definition) is 1. The van der Waals surface area contributed by atoms with Crippen molar-refractivity contribution in [2.45, 2.75) is 32.2 Å². The van der Waals surface area contributed by atoms with Gasteiger partial charge in [-0.25, -0.2) is 0 Å². The lowest BCUT2D eigenvalue weighted by Gasteiger charge is -2.29. The number of benzene rings is 1. The molecular weight excluding hydrogens is 337 g/mol. The highest BCUT2D eigenvalue weighted by Gasteiger charge is 2.25. The summed E-state index contributed by atoms with van der Waals surface area (Å²) in [5.74, 6) is -0.187. The lowest BCUT2D eigenvalue weighted by molar-refractivity contribution is 0.0902. The minimum atomic E-state index is -0.244. The number of halogens is 3. The van der Waals surface area contributed by atoms with Gasteiger partial charge >= 0.3 is 0 Å². The van der Waals surface area contributed by atoms with Crippen molar-refractivity contribution < 1.29 is 4.79 Å². The molecule has 0 fully saturated rings. The van der Waals surface area contributed by atoms with Crippen LogP contribution < -0.4 is 5.32 Å². The maximum atomic E-state index is 12.2. The quantitative estimate of drug-likeness (QED) is 0.766. The monoisotopic (exact) mass is 351 g/mol. The molecule has 0 radical (unpaired) electrons. The first-order chi connectivity index (χ1) is 8.43. The molecule has 0 saturated heterocycles. The first-order valence-electron chi connectivity index (χ1n) is 5.76. The molecule has 0 bridgehead atoms. The van der Waals surface area contributed by atoms with Gasteiger partial charge in [0.1, 0.15) is 0 Å². The van der Waals surface area contributed by atoms with E-state index in [0.717, 1.165) is 18.2 Å². The van der Waals surface area contributed by atoms with E-state index in [1.807, 2.05) is 13.8 Å². The largest absolute Gasteiger partial charge is 0.347 e. The normalized spacial score (nSPS) is 14.1. The summed E-state index contributed by atoms with van der Waals surface area (Å²) in [4.78, 5) is 12.2. The summed E-state index contributed by atoms with van der Waals surface area (Å²) in [6.07, 6.45) is 1.70. The summed E-state index contributed by atoms with van der Waals surface area (Å²) < 4.78 is 0. The molecule has 0 aliphatic heterocycles. The second kappa shape index (κ2) is 6.78. The Morgan fingerprint density at radius 2 is 2.11 bits per heavy atom. The topological polar surface area (TPSA) is 29.1 Å². The Hall–Kier alpha value is -0.250. The molecule has 0 spiro atoms. The van der Waals surface area contributed by atoms with Crippen LogP contribution in [-0.4, -0.2) is 16.8 Å². The van der Waals surface area contributed by atoms with Crippen molar-refractivity contribution in [3.63, 3.8) is 0 Å². The molecule has 1 amide bonds. The van der Waals surface area contributed by atoms with Crippen LogP contribution in [0.2, 0.25) is 10.0 Å². The third kappa shape index (κ3) is 3.87. The van der Waals surface area contributed by atoms with Crippen LogP contribution >= 0.6 is 39.1 Å². The zero-order chi connectivity index (χ0) is 13.8. The van der Waals surface area contributed by atoms with Gasteiger partial charge in [0.2, 0.25) is 0 Å². The van der Waals surface area contributed by atoms with Gasteiger partial charge in [0.25, 0.3) is 5.91 Å². The maximum Gasteiger partial charge on any atom is 0.253 e. The van der Waals surface area contributed by atoms with E-state index in [0.29, 0.717) is 15.6 Å². The van der Waals surface area contributed by atoms with Crippen molar-refractivity contribution in [2.24, 2.45) is 0 Å². The van der Waals surface area contributed by atoms with Crippen LogP contribution in [0.25, 0.3) is 0 Å². The van der Waals surface area contributed by atoms with Gasteiger partial charge in [0, 0.05) is 10.9 Å². The summed E-state index contributed by atoms with van der Waals surface area (Å²) in [5.41, 5.74) is 0.171. The van der Waals surface area contributed by atoms with Crippen molar-refractivity contribution in [1.29, 1.82) is 0 Å². The van der Waals surface area contributed by atoms with Crippen LogP contribution in [0.4, 0.5) is 0 Å². The van der Waals surface area contributed by atoms with Gasteiger partial charge in [0.15, 0.2) is 0 Å². The lowest BCUT2D eigenvalue weighted by Crippen LogP contribution is -2.45. The fourth-order valence-electron chi connectivity index (χ4n) is 1.56. The fraction of sp³-hybridized carbons (Fsp3) is 0.462. The summed E-state index contributed by atoms with van der Waals surface area (Å²) in [5, 5.41) is 4.54. The Balaban J connectivity index is 2.91. The van der Waals surface area contributed by atoms with Gasteiger partial charge in [0.05, 0.1) is 15.6 Å². The van der Waals surface area contributed by atoms with E-state index in [2.05, 4.69) is 21.2 Å². The maximum absolute atomic E-state index is 12.2. The molecule has 1 unspecified atom stereocenters. The molecule has 1 aromatic carbocycles. The Kier molecular flexibility index (Phi) is 5.96. The SMILES string of the molecule is CCC(C)(CCBr)NC(=O)c1cccc(Cl)c1Cl. The molecule has 2 nitrogen and oxygen atoms in total. The number of carbonyl (C=O) groups excluding carboxylic acids is 1. The van der Waals surface area contributed by atoms with E-state index in [1.165, 1.54) is 0 Å². The van der Waals surface area contributed by atoms with E-state index in [1.54, 1.807) is 18.2 Å². The highest BCUT2D eigenvalue weighted by Crippen LogP contribution is 2.26. The number of rotatable bonds is 5. The van der Waals surface area contributed by atoms with E-state index in [-0.39, 0.29) is 11.4 Å². The molecular formula is C13H16BrCl2NO. The van der Waals surface area contributed by atoms with Crippen LogP contribution in [0.3, 0.4) is 0 Å². The zero-order valence-electron chi connectivity index (χ0n) is 10.4. The van der Waals surface area contributed by atoms with Gasteiger partial charge < -0.3 is 5.32 Å². The number of carbonyl (C=O) groups is 1. The van der Waals surface area contributed by atoms with Crippen molar-refractivity contribution in [3.05, 3.63) is 33.8 Å². The predicted octanol–water partition coefficient (Wildman–Crippen LogP) is 4.68. The Morgan fingerprint density at radius 1 is 1.44 bits per heavy atom. The summed E-state index contributed by atoms with van der Waals surface area (Å²) in [7, 11) is 0. The van der Waals surface area contributed by atoms with E-state index >= 15 is 0 Å². The van der Waals surface area contributed by atoms with Gasteiger partial charge in [-0.3, -0.25) is 4.79 Å². The highest BCUT2D eigenvalue weighted by molar-refractivity contribution is 9.09. The highest BCUT2D eigenvalue weighted by atomic mass is 79.9. The minimum absolute atomic E-state index is 0.187. The summed E-state index contributed by atoms with van der Waals surface area (Å²) in [6, 6.07) is 5.06. The molecule has 1 N–H and O–H groups in total. The standard InChI is InChI=1S/C13H16BrCl2NO/c1-3-13(2,7-8-14)17-12(18)9-5-4-6-10(15)11(9)16/h4-6H,3,7-8H2,1-2H3,(H,17,18). The Labute approximate surface area is 126 Å². The van der Waals surface area contributed by atoms with Crippen LogP contribution in [0.5, 0.6) is 0 Å². The Morgan fingerprint density at radius 3 is 2.67 bits per heavy atom. The van der Waals surface area contributed by atoms with Gasteiger partial charge in [-0.15, -0.1) is 0 Å². The number of nitrogens with one attached hydrogen (secondary N) is 1. The van der Waals surface area contributed by atoms with E-state index in [9.17, 15) is 4.79 Å². The Bertz CT molecular complexity index is 439. The molecule has 0 aromatic heterocycles. The number of hydrogen-bond donors (Lipinski definition) is 1.